The molecule has 0 unspecified atom stereocenters. The van der Waals surface area contributed by atoms with Crippen LogP contribution in [0.1, 0.15) is 5.56 Å². The Morgan fingerprint density at radius 3 is 2.75 bits per heavy atom. The molecule has 168 valence electrons. The number of hydrogen-bond donors (Lipinski definition) is 0. The second-order valence-electron chi connectivity index (χ2n) is 7.09. The minimum Gasteiger partial charge on any atom is -0.379 e. The molecule has 10 heteroatoms. The van der Waals surface area contributed by atoms with Crippen LogP contribution in [0.3, 0.4) is 0 Å². The molecule has 1 amide bonds. The number of nitro groups is 1. The summed E-state index contributed by atoms with van der Waals surface area (Å²) in [7, 11) is 0. The SMILES string of the molecule is Cl.O=C(C=Cc1cccc([N+](=O)[O-])c1)N(CCN1CCOCC1)c1nc2ccccc2s1. The molecule has 0 atom stereocenters. The van der Waals surface area contributed by atoms with Crippen molar-refractivity contribution in [3.05, 3.63) is 70.3 Å². The van der Waals surface area contributed by atoms with Crippen LogP contribution in [0.2, 0.25) is 0 Å². The monoisotopic (exact) mass is 474 g/mol. The zero-order valence-corrected chi connectivity index (χ0v) is 18.9. The molecule has 0 aliphatic carbocycles. The van der Waals surface area contributed by atoms with Gasteiger partial charge in [-0.25, -0.2) is 4.98 Å². The second-order valence-corrected chi connectivity index (χ2v) is 8.10. The van der Waals surface area contributed by atoms with Gasteiger partial charge in [0.2, 0.25) is 0 Å². The molecule has 0 spiro atoms. The summed E-state index contributed by atoms with van der Waals surface area (Å²) in [5.74, 6) is -0.209. The van der Waals surface area contributed by atoms with Gasteiger partial charge < -0.3 is 4.74 Å². The van der Waals surface area contributed by atoms with E-state index in [1.54, 1.807) is 23.1 Å². The summed E-state index contributed by atoms with van der Waals surface area (Å²) in [6.45, 7) is 4.29. The first-order chi connectivity index (χ1) is 15.1. The van der Waals surface area contributed by atoms with Crippen molar-refractivity contribution in [1.29, 1.82) is 0 Å². The van der Waals surface area contributed by atoms with Gasteiger partial charge >= 0.3 is 0 Å². The van der Waals surface area contributed by atoms with Gasteiger partial charge in [-0.1, -0.05) is 35.6 Å². The predicted molar refractivity (Wildman–Crippen MR) is 129 cm³/mol. The highest BCUT2D eigenvalue weighted by Gasteiger charge is 2.20. The number of carbonyl (C=O) groups is 1. The maximum absolute atomic E-state index is 13.1. The molecule has 3 aromatic rings. The van der Waals surface area contributed by atoms with Crippen LogP contribution >= 0.6 is 23.7 Å². The maximum atomic E-state index is 13.1. The third kappa shape index (κ3) is 5.89. The highest BCUT2D eigenvalue weighted by molar-refractivity contribution is 7.22. The van der Waals surface area contributed by atoms with E-state index in [4.69, 9.17) is 4.74 Å². The van der Waals surface area contributed by atoms with E-state index in [-0.39, 0.29) is 24.0 Å². The Morgan fingerprint density at radius 1 is 1.22 bits per heavy atom. The fourth-order valence-electron chi connectivity index (χ4n) is 3.34. The van der Waals surface area contributed by atoms with Gasteiger partial charge in [0, 0.05) is 44.4 Å². The van der Waals surface area contributed by atoms with Crippen LogP contribution in [0, 0.1) is 10.1 Å². The molecule has 0 radical (unpaired) electrons. The quantitative estimate of drug-likeness (QED) is 0.292. The molecule has 0 bridgehead atoms. The molecule has 2 aromatic carbocycles. The second kappa shape index (κ2) is 11.1. The highest BCUT2D eigenvalue weighted by atomic mass is 35.5. The lowest BCUT2D eigenvalue weighted by Crippen LogP contribution is -2.42. The number of hydrogen-bond acceptors (Lipinski definition) is 7. The number of non-ortho nitro benzene ring substituents is 1. The predicted octanol–water partition coefficient (Wildman–Crippen LogP) is 4.00. The number of aromatic nitrogens is 1. The lowest BCUT2D eigenvalue weighted by Gasteiger charge is -2.28. The molecule has 0 N–H and O–H groups in total. The number of benzene rings is 2. The number of amides is 1. The summed E-state index contributed by atoms with van der Waals surface area (Å²) in [6, 6.07) is 14.0. The standard InChI is InChI=1S/C22H22N4O4S.ClH/c27-21(9-8-17-4-3-5-18(16-17)26(28)29)25(11-10-24-12-14-30-15-13-24)22-23-19-6-1-2-7-20(19)31-22;/h1-9,16H,10-15H2;1H. The number of nitrogens with zero attached hydrogens (tertiary/aromatic N) is 4. The zero-order valence-electron chi connectivity index (χ0n) is 17.3. The molecule has 2 heterocycles. The Hall–Kier alpha value is -2.85. The Balaban J connectivity index is 0.00000289. The van der Waals surface area contributed by atoms with Crippen molar-refractivity contribution in [2.45, 2.75) is 0 Å². The third-order valence-electron chi connectivity index (χ3n) is 5.02. The van der Waals surface area contributed by atoms with E-state index in [0.717, 1.165) is 29.9 Å². The number of anilines is 1. The van der Waals surface area contributed by atoms with Gasteiger partial charge in [-0.15, -0.1) is 12.4 Å². The lowest BCUT2D eigenvalue weighted by molar-refractivity contribution is -0.384. The normalized spacial score (nSPS) is 14.4. The summed E-state index contributed by atoms with van der Waals surface area (Å²) in [6.07, 6.45) is 3.05. The minimum absolute atomic E-state index is 0. The molecular weight excluding hydrogens is 452 g/mol. The van der Waals surface area contributed by atoms with Gasteiger partial charge in [0.25, 0.3) is 11.6 Å². The molecule has 8 nitrogen and oxygen atoms in total. The van der Waals surface area contributed by atoms with E-state index in [1.165, 1.54) is 29.5 Å². The third-order valence-corrected chi connectivity index (χ3v) is 6.08. The average molecular weight is 475 g/mol. The van der Waals surface area contributed by atoms with Crippen LogP contribution in [0.15, 0.2) is 54.6 Å². The van der Waals surface area contributed by atoms with E-state index in [0.29, 0.717) is 30.5 Å². The van der Waals surface area contributed by atoms with Crippen molar-refractivity contribution in [2.75, 3.05) is 44.3 Å². The Kier molecular flexibility index (Phi) is 8.29. The van der Waals surface area contributed by atoms with Crippen LogP contribution in [0.5, 0.6) is 0 Å². The summed E-state index contributed by atoms with van der Waals surface area (Å²) in [5.41, 5.74) is 1.44. The summed E-state index contributed by atoms with van der Waals surface area (Å²) in [4.78, 5) is 32.2. The summed E-state index contributed by atoms with van der Waals surface area (Å²) < 4.78 is 6.42. The minimum atomic E-state index is -0.449. The smallest absolute Gasteiger partial charge is 0.270 e. The highest BCUT2D eigenvalue weighted by Crippen LogP contribution is 2.29. The van der Waals surface area contributed by atoms with Crippen LogP contribution in [-0.2, 0) is 9.53 Å². The van der Waals surface area contributed by atoms with E-state index in [2.05, 4.69) is 9.88 Å². The van der Waals surface area contributed by atoms with Gasteiger partial charge in [0.05, 0.1) is 28.4 Å². The van der Waals surface area contributed by atoms with E-state index in [9.17, 15) is 14.9 Å². The molecule has 1 fully saturated rings. The Bertz CT molecular complexity index is 1080. The van der Waals surface area contributed by atoms with Crippen molar-refractivity contribution in [3.63, 3.8) is 0 Å². The molecule has 32 heavy (non-hydrogen) atoms. The lowest BCUT2D eigenvalue weighted by atomic mass is 10.2. The fraction of sp³-hybridized carbons (Fsp3) is 0.273. The molecule has 1 aliphatic heterocycles. The van der Waals surface area contributed by atoms with Gasteiger partial charge in [0.15, 0.2) is 5.13 Å². The van der Waals surface area contributed by atoms with Crippen molar-refractivity contribution in [1.82, 2.24) is 9.88 Å². The maximum Gasteiger partial charge on any atom is 0.270 e. The van der Waals surface area contributed by atoms with E-state index >= 15 is 0 Å². The summed E-state index contributed by atoms with van der Waals surface area (Å²) >= 11 is 1.48. The first-order valence-corrected chi connectivity index (χ1v) is 10.8. The van der Waals surface area contributed by atoms with Crippen LogP contribution in [-0.4, -0.2) is 60.1 Å². The van der Waals surface area contributed by atoms with Crippen molar-refractivity contribution in [2.24, 2.45) is 0 Å². The van der Waals surface area contributed by atoms with Crippen LogP contribution in [0.25, 0.3) is 16.3 Å². The number of fused-ring (bicyclic) bond motifs is 1. The number of rotatable bonds is 7. The number of nitro benzene ring substituents is 1. The summed E-state index contributed by atoms with van der Waals surface area (Å²) in [5, 5.41) is 11.6. The van der Waals surface area contributed by atoms with Gasteiger partial charge in [-0.2, -0.15) is 0 Å². The fourth-order valence-corrected chi connectivity index (χ4v) is 4.34. The number of halogens is 1. The average Bonchev–Trinajstić information content (AvgIpc) is 3.22. The van der Waals surface area contributed by atoms with Crippen molar-refractivity contribution in [3.8, 4) is 0 Å². The van der Waals surface area contributed by atoms with E-state index in [1.807, 2.05) is 24.3 Å². The topological polar surface area (TPSA) is 88.8 Å². The van der Waals surface area contributed by atoms with Crippen molar-refractivity contribution >= 4 is 56.8 Å². The number of para-hydroxylation sites is 1. The van der Waals surface area contributed by atoms with E-state index < -0.39 is 4.92 Å². The van der Waals surface area contributed by atoms with Crippen molar-refractivity contribution < 1.29 is 14.5 Å². The molecular formula is C22H23ClN4O4S. The van der Waals surface area contributed by atoms with Crippen LogP contribution in [0.4, 0.5) is 10.8 Å². The number of thiazole rings is 1. The molecule has 1 saturated heterocycles. The van der Waals surface area contributed by atoms with Gasteiger partial charge in [-0.3, -0.25) is 24.7 Å². The molecule has 1 aromatic heterocycles. The number of morpholine rings is 1. The van der Waals surface area contributed by atoms with Gasteiger partial charge in [0.1, 0.15) is 0 Å². The van der Waals surface area contributed by atoms with Gasteiger partial charge in [-0.05, 0) is 23.8 Å². The number of carbonyl (C=O) groups excluding carboxylic acids is 1. The first kappa shape index (κ1) is 23.8. The zero-order chi connectivity index (χ0) is 21.6. The molecule has 1 aliphatic rings. The largest absolute Gasteiger partial charge is 0.379 e. The Morgan fingerprint density at radius 2 is 2.00 bits per heavy atom. The Labute approximate surface area is 195 Å². The first-order valence-electron chi connectivity index (χ1n) is 10.00. The molecule has 4 rings (SSSR count). The number of ether oxygens (including phenoxy) is 1. The molecule has 0 saturated carbocycles. The van der Waals surface area contributed by atoms with Crippen LogP contribution < -0.4 is 4.90 Å².